The van der Waals surface area contributed by atoms with Crippen molar-refractivity contribution in [3.63, 3.8) is 0 Å². The van der Waals surface area contributed by atoms with Crippen molar-refractivity contribution >= 4 is 22.2 Å². The van der Waals surface area contributed by atoms with E-state index in [0.29, 0.717) is 16.4 Å². The molecular formula is C21H18N4O3S. The molecule has 146 valence electrons. The molecule has 0 saturated carbocycles. The number of carbonyl (C=O) groups is 1. The lowest BCUT2D eigenvalue weighted by Gasteiger charge is -2.07. The summed E-state index contributed by atoms with van der Waals surface area (Å²) in [4.78, 5) is 29.3. The molecule has 7 nitrogen and oxygen atoms in total. The monoisotopic (exact) mass is 406 g/mol. The van der Waals surface area contributed by atoms with E-state index in [1.54, 1.807) is 12.1 Å². The Balaban J connectivity index is 1.45. The van der Waals surface area contributed by atoms with Crippen LogP contribution in [0.5, 0.6) is 5.75 Å². The normalized spacial score (nSPS) is 10.8. The largest absolute Gasteiger partial charge is 0.484 e. The quantitative estimate of drug-likeness (QED) is 0.532. The van der Waals surface area contributed by atoms with Gasteiger partial charge in [0.25, 0.3) is 11.5 Å². The van der Waals surface area contributed by atoms with Gasteiger partial charge in [0, 0.05) is 11.6 Å². The maximum absolute atomic E-state index is 12.4. The van der Waals surface area contributed by atoms with Gasteiger partial charge >= 0.3 is 0 Å². The Morgan fingerprint density at radius 2 is 1.97 bits per heavy atom. The van der Waals surface area contributed by atoms with Crippen LogP contribution >= 0.6 is 11.3 Å². The molecule has 0 atom stereocenters. The SMILES string of the molecule is Cc1cccc(-c2nn3c(=O)cc(CNC(=O)COc4ccccc4)nc3s2)c1. The summed E-state index contributed by atoms with van der Waals surface area (Å²) in [6.07, 6.45) is 0. The van der Waals surface area contributed by atoms with Crippen molar-refractivity contribution in [2.75, 3.05) is 6.61 Å². The zero-order valence-corrected chi connectivity index (χ0v) is 16.5. The predicted molar refractivity (Wildman–Crippen MR) is 111 cm³/mol. The Kier molecular flexibility index (Phi) is 5.35. The van der Waals surface area contributed by atoms with Crippen molar-refractivity contribution < 1.29 is 9.53 Å². The van der Waals surface area contributed by atoms with Crippen LogP contribution in [-0.2, 0) is 11.3 Å². The number of para-hydroxylation sites is 1. The molecule has 0 aliphatic heterocycles. The first-order chi connectivity index (χ1) is 14.1. The zero-order chi connectivity index (χ0) is 20.2. The van der Waals surface area contributed by atoms with Crippen LogP contribution in [0.4, 0.5) is 0 Å². The van der Waals surface area contributed by atoms with Crippen molar-refractivity contribution in [3.8, 4) is 16.3 Å². The second kappa shape index (κ2) is 8.24. The van der Waals surface area contributed by atoms with E-state index in [4.69, 9.17) is 4.74 Å². The van der Waals surface area contributed by atoms with Crippen molar-refractivity contribution in [2.24, 2.45) is 0 Å². The van der Waals surface area contributed by atoms with Gasteiger partial charge in [0.2, 0.25) is 4.96 Å². The summed E-state index contributed by atoms with van der Waals surface area (Å²) in [6, 6.07) is 18.4. The van der Waals surface area contributed by atoms with Gasteiger partial charge in [-0.05, 0) is 25.1 Å². The van der Waals surface area contributed by atoms with E-state index in [9.17, 15) is 9.59 Å². The molecule has 1 N–H and O–H groups in total. The summed E-state index contributed by atoms with van der Waals surface area (Å²) >= 11 is 1.33. The number of ether oxygens (including phenoxy) is 1. The maximum atomic E-state index is 12.4. The fraction of sp³-hybridized carbons (Fsp3) is 0.143. The van der Waals surface area contributed by atoms with Crippen molar-refractivity contribution in [1.29, 1.82) is 0 Å². The lowest BCUT2D eigenvalue weighted by Crippen LogP contribution is -2.29. The van der Waals surface area contributed by atoms with E-state index < -0.39 is 0 Å². The second-order valence-electron chi connectivity index (χ2n) is 6.44. The number of fused-ring (bicyclic) bond motifs is 1. The van der Waals surface area contributed by atoms with Crippen LogP contribution in [0.1, 0.15) is 11.3 Å². The average Bonchev–Trinajstić information content (AvgIpc) is 3.16. The number of benzene rings is 2. The smallest absolute Gasteiger partial charge is 0.275 e. The number of carbonyl (C=O) groups excluding carboxylic acids is 1. The Bertz CT molecular complexity index is 1220. The average molecular weight is 406 g/mol. The molecule has 0 radical (unpaired) electrons. The Labute approximate surface area is 170 Å². The summed E-state index contributed by atoms with van der Waals surface area (Å²) in [6.45, 7) is 2.03. The van der Waals surface area contributed by atoms with Gasteiger partial charge in [-0.3, -0.25) is 9.59 Å². The lowest BCUT2D eigenvalue weighted by molar-refractivity contribution is -0.123. The molecule has 8 heteroatoms. The van der Waals surface area contributed by atoms with Crippen molar-refractivity contribution in [1.82, 2.24) is 19.9 Å². The van der Waals surface area contributed by atoms with Gasteiger partial charge in [0.1, 0.15) is 10.8 Å². The molecule has 2 aromatic heterocycles. The molecule has 0 spiro atoms. The Morgan fingerprint density at radius 1 is 1.14 bits per heavy atom. The summed E-state index contributed by atoms with van der Waals surface area (Å²) in [5.74, 6) is 0.328. The van der Waals surface area contributed by atoms with Gasteiger partial charge in [-0.15, -0.1) is 0 Å². The van der Waals surface area contributed by atoms with E-state index in [1.165, 1.54) is 21.9 Å². The summed E-state index contributed by atoms with van der Waals surface area (Å²) in [5.41, 5.74) is 2.24. The minimum absolute atomic E-state index is 0.108. The van der Waals surface area contributed by atoms with Crippen LogP contribution in [0.3, 0.4) is 0 Å². The summed E-state index contributed by atoms with van der Waals surface area (Å²) in [5, 5.41) is 7.81. The van der Waals surface area contributed by atoms with Crippen LogP contribution in [0, 0.1) is 6.92 Å². The first-order valence-corrected chi connectivity index (χ1v) is 9.81. The van der Waals surface area contributed by atoms with Crippen LogP contribution in [-0.4, -0.2) is 27.1 Å². The number of hydrogen-bond acceptors (Lipinski definition) is 6. The maximum Gasteiger partial charge on any atom is 0.275 e. The first kappa shape index (κ1) is 18.8. The minimum atomic E-state index is -0.291. The molecular weight excluding hydrogens is 388 g/mol. The molecule has 0 bridgehead atoms. The van der Waals surface area contributed by atoms with Crippen LogP contribution in [0.2, 0.25) is 0 Å². The van der Waals surface area contributed by atoms with Gasteiger partial charge < -0.3 is 10.1 Å². The number of rotatable bonds is 6. The van der Waals surface area contributed by atoms with Gasteiger partial charge in [0.15, 0.2) is 6.61 Å². The molecule has 2 heterocycles. The molecule has 0 saturated heterocycles. The third kappa shape index (κ3) is 4.49. The standard InChI is InChI=1S/C21H18N4O3S/c1-14-6-5-7-15(10-14)20-24-25-19(27)11-16(23-21(25)29-20)12-22-18(26)13-28-17-8-3-2-4-9-17/h2-11H,12-13H2,1H3,(H,22,26). The number of nitrogens with zero attached hydrogens (tertiary/aromatic N) is 3. The highest BCUT2D eigenvalue weighted by molar-refractivity contribution is 7.19. The zero-order valence-electron chi connectivity index (χ0n) is 15.7. The van der Waals surface area contributed by atoms with Gasteiger partial charge in [-0.2, -0.15) is 9.61 Å². The molecule has 0 aliphatic carbocycles. The molecule has 2 aromatic carbocycles. The van der Waals surface area contributed by atoms with Gasteiger partial charge in [0.05, 0.1) is 12.2 Å². The van der Waals surface area contributed by atoms with Crippen LogP contribution in [0.25, 0.3) is 15.5 Å². The Morgan fingerprint density at radius 3 is 2.76 bits per heavy atom. The Hall–Kier alpha value is -3.52. The number of hydrogen-bond donors (Lipinski definition) is 1. The highest BCUT2D eigenvalue weighted by atomic mass is 32.1. The first-order valence-electron chi connectivity index (χ1n) is 9.00. The summed E-state index contributed by atoms with van der Waals surface area (Å²) < 4.78 is 6.69. The third-order valence-electron chi connectivity index (χ3n) is 4.14. The van der Waals surface area contributed by atoms with Crippen molar-refractivity contribution in [3.05, 3.63) is 82.3 Å². The number of aromatic nitrogens is 3. The van der Waals surface area contributed by atoms with E-state index in [1.807, 2.05) is 49.4 Å². The predicted octanol–water partition coefficient (Wildman–Crippen LogP) is 2.82. The molecule has 0 unspecified atom stereocenters. The molecule has 4 rings (SSSR count). The van der Waals surface area contributed by atoms with Gasteiger partial charge in [-0.1, -0.05) is 53.3 Å². The fourth-order valence-corrected chi connectivity index (χ4v) is 3.67. The molecule has 0 aliphatic rings. The highest BCUT2D eigenvalue weighted by Gasteiger charge is 2.11. The molecule has 1 amide bonds. The third-order valence-corrected chi connectivity index (χ3v) is 5.10. The molecule has 4 aromatic rings. The molecule has 29 heavy (non-hydrogen) atoms. The minimum Gasteiger partial charge on any atom is -0.484 e. The topological polar surface area (TPSA) is 85.6 Å². The van der Waals surface area contributed by atoms with E-state index >= 15 is 0 Å². The highest BCUT2D eigenvalue weighted by Crippen LogP contribution is 2.24. The fourth-order valence-electron chi connectivity index (χ4n) is 2.75. The summed E-state index contributed by atoms with van der Waals surface area (Å²) in [7, 11) is 0. The van der Waals surface area contributed by atoms with Crippen LogP contribution in [0.15, 0.2) is 65.5 Å². The second-order valence-corrected chi connectivity index (χ2v) is 7.39. The van der Waals surface area contributed by atoms with E-state index in [2.05, 4.69) is 15.4 Å². The number of nitrogens with one attached hydrogen (secondary N) is 1. The van der Waals surface area contributed by atoms with Crippen LogP contribution < -0.4 is 15.6 Å². The van der Waals surface area contributed by atoms with Crippen molar-refractivity contribution in [2.45, 2.75) is 13.5 Å². The lowest BCUT2D eigenvalue weighted by atomic mass is 10.1. The van der Waals surface area contributed by atoms with Gasteiger partial charge in [-0.25, -0.2) is 4.98 Å². The number of amides is 1. The van der Waals surface area contributed by atoms with E-state index in [-0.39, 0.29) is 24.6 Å². The molecule has 0 fully saturated rings. The van der Waals surface area contributed by atoms with E-state index in [0.717, 1.165) is 16.1 Å². The number of aryl methyl sites for hydroxylation is 1.